The highest BCUT2D eigenvalue weighted by atomic mass is 35.5. The third-order valence-electron chi connectivity index (χ3n) is 1.89. The van der Waals surface area contributed by atoms with Crippen LogP contribution in [0.25, 0.3) is 0 Å². The summed E-state index contributed by atoms with van der Waals surface area (Å²) in [6, 6.07) is 4.32. The predicted octanol–water partition coefficient (Wildman–Crippen LogP) is 2.69. The smallest absolute Gasteiger partial charge is 0.275 e. The van der Waals surface area contributed by atoms with Gasteiger partial charge in [-0.25, -0.2) is 4.90 Å². The second-order valence-electron chi connectivity index (χ2n) is 2.96. The molecule has 2 amide bonds. The summed E-state index contributed by atoms with van der Waals surface area (Å²) >= 11 is 11.6. The zero-order chi connectivity index (χ0) is 13.0. The van der Waals surface area contributed by atoms with Crippen molar-refractivity contribution in [1.29, 1.82) is 5.41 Å². The van der Waals surface area contributed by atoms with Crippen molar-refractivity contribution >= 4 is 46.9 Å². The molecule has 1 aromatic rings. The van der Waals surface area contributed by atoms with Crippen LogP contribution in [0, 0.1) is 5.41 Å². The average Bonchev–Trinajstić information content (AvgIpc) is 2.31. The molecule has 0 heterocycles. The van der Waals surface area contributed by atoms with Gasteiger partial charge in [0.25, 0.3) is 11.8 Å². The maximum absolute atomic E-state index is 11.5. The SMILES string of the molecule is C=CC(=O)N(C(=O)C=N)c1ccc(Cl)cc1Cl. The van der Waals surface area contributed by atoms with Gasteiger partial charge in [-0.15, -0.1) is 0 Å². The van der Waals surface area contributed by atoms with Crippen LogP contribution in [-0.2, 0) is 9.59 Å². The first kappa shape index (κ1) is 13.4. The van der Waals surface area contributed by atoms with Crippen molar-refractivity contribution in [3.63, 3.8) is 0 Å². The summed E-state index contributed by atoms with van der Waals surface area (Å²) in [4.78, 5) is 23.8. The van der Waals surface area contributed by atoms with E-state index in [1.807, 2.05) is 0 Å². The Bertz CT molecular complexity index is 480. The number of hydrogen-bond donors (Lipinski definition) is 1. The van der Waals surface area contributed by atoms with Gasteiger partial charge in [0.1, 0.15) is 0 Å². The van der Waals surface area contributed by atoms with Crippen LogP contribution in [-0.4, -0.2) is 18.0 Å². The van der Waals surface area contributed by atoms with Crippen molar-refractivity contribution in [3.8, 4) is 0 Å². The van der Waals surface area contributed by atoms with E-state index in [4.69, 9.17) is 28.6 Å². The highest BCUT2D eigenvalue weighted by molar-refractivity contribution is 6.43. The van der Waals surface area contributed by atoms with Crippen molar-refractivity contribution in [3.05, 3.63) is 40.9 Å². The molecule has 0 radical (unpaired) electrons. The zero-order valence-electron chi connectivity index (χ0n) is 8.61. The van der Waals surface area contributed by atoms with Crippen LogP contribution < -0.4 is 4.90 Å². The molecular weight excluding hydrogens is 263 g/mol. The summed E-state index contributed by atoms with van der Waals surface area (Å²) in [6.45, 7) is 3.28. The van der Waals surface area contributed by atoms with E-state index in [9.17, 15) is 9.59 Å². The van der Waals surface area contributed by atoms with E-state index in [2.05, 4.69) is 6.58 Å². The molecule has 0 atom stereocenters. The van der Waals surface area contributed by atoms with Gasteiger partial charge in [-0.2, -0.15) is 0 Å². The number of imide groups is 1. The molecule has 0 unspecified atom stereocenters. The predicted molar refractivity (Wildman–Crippen MR) is 67.9 cm³/mol. The number of carbonyl (C=O) groups excluding carboxylic acids is 2. The maximum Gasteiger partial charge on any atom is 0.275 e. The standard InChI is InChI=1S/C11H8Cl2N2O2/c1-2-10(16)15(11(17)6-14)9-4-3-7(12)5-8(9)13/h2-6,14H,1H2. The third kappa shape index (κ3) is 2.93. The summed E-state index contributed by atoms with van der Waals surface area (Å²) in [5.41, 5.74) is 0.162. The molecule has 88 valence electrons. The van der Waals surface area contributed by atoms with Gasteiger partial charge in [-0.1, -0.05) is 29.8 Å². The Labute approximate surface area is 108 Å². The molecule has 6 heteroatoms. The Balaban J connectivity index is 3.31. The lowest BCUT2D eigenvalue weighted by atomic mass is 10.2. The molecule has 4 nitrogen and oxygen atoms in total. The average molecular weight is 271 g/mol. The van der Waals surface area contributed by atoms with Gasteiger partial charge in [-0.05, 0) is 24.3 Å². The first-order valence-corrected chi connectivity index (χ1v) is 5.23. The normalized spacial score (nSPS) is 9.53. The van der Waals surface area contributed by atoms with Gasteiger partial charge >= 0.3 is 0 Å². The Hall–Kier alpha value is -1.65. The molecule has 0 aliphatic heterocycles. The first-order valence-electron chi connectivity index (χ1n) is 4.47. The van der Waals surface area contributed by atoms with Crippen LogP contribution in [0.4, 0.5) is 5.69 Å². The van der Waals surface area contributed by atoms with Crippen LogP contribution in [0.2, 0.25) is 10.0 Å². The Morgan fingerprint density at radius 2 is 1.94 bits per heavy atom. The van der Waals surface area contributed by atoms with Gasteiger partial charge in [0.05, 0.1) is 16.9 Å². The van der Waals surface area contributed by atoms with Gasteiger partial charge in [-0.3, -0.25) is 9.59 Å². The number of nitrogens with one attached hydrogen (secondary N) is 1. The molecule has 0 aliphatic carbocycles. The molecule has 0 spiro atoms. The minimum absolute atomic E-state index is 0.142. The van der Waals surface area contributed by atoms with E-state index >= 15 is 0 Å². The first-order chi connectivity index (χ1) is 8.01. The number of carbonyl (C=O) groups is 2. The molecule has 0 saturated carbocycles. The van der Waals surface area contributed by atoms with E-state index in [1.165, 1.54) is 18.2 Å². The van der Waals surface area contributed by atoms with Gasteiger partial charge < -0.3 is 5.41 Å². The van der Waals surface area contributed by atoms with Gasteiger partial charge in [0, 0.05) is 5.02 Å². The van der Waals surface area contributed by atoms with Crippen LogP contribution in [0.3, 0.4) is 0 Å². The molecular formula is C11H8Cl2N2O2. The molecule has 0 fully saturated rings. The molecule has 0 saturated heterocycles. The fourth-order valence-electron chi connectivity index (χ4n) is 1.16. The largest absolute Gasteiger partial charge is 0.303 e. The number of rotatable bonds is 3. The second-order valence-corrected chi connectivity index (χ2v) is 3.80. The highest BCUT2D eigenvalue weighted by Crippen LogP contribution is 2.29. The van der Waals surface area contributed by atoms with Crippen molar-refractivity contribution in [1.82, 2.24) is 0 Å². The molecule has 0 aromatic heterocycles. The number of anilines is 1. The monoisotopic (exact) mass is 270 g/mol. The summed E-state index contributed by atoms with van der Waals surface area (Å²) in [5.74, 6) is -1.47. The van der Waals surface area contributed by atoms with Crippen molar-refractivity contribution < 1.29 is 9.59 Å². The number of benzene rings is 1. The highest BCUT2D eigenvalue weighted by Gasteiger charge is 2.21. The quantitative estimate of drug-likeness (QED) is 0.678. The Morgan fingerprint density at radius 3 is 2.41 bits per heavy atom. The maximum atomic E-state index is 11.5. The van der Waals surface area contributed by atoms with E-state index < -0.39 is 11.8 Å². The van der Waals surface area contributed by atoms with E-state index in [0.717, 1.165) is 11.0 Å². The Kier molecular flexibility index (Phi) is 4.43. The molecule has 17 heavy (non-hydrogen) atoms. The van der Waals surface area contributed by atoms with E-state index in [1.54, 1.807) is 0 Å². The van der Waals surface area contributed by atoms with E-state index in [0.29, 0.717) is 11.2 Å². The van der Waals surface area contributed by atoms with E-state index in [-0.39, 0.29) is 10.7 Å². The van der Waals surface area contributed by atoms with Gasteiger partial charge in [0.15, 0.2) is 0 Å². The van der Waals surface area contributed by atoms with Crippen molar-refractivity contribution in [2.75, 3.05) is 4.90 Å². The lowest BCUT2D eigenvalue weighted by Gasteiger charge is -2.18. The summed E-state index contributed by atoms with van der Waals surface area (Å²) in [6.07, 6.45) is 1.48. The summed E-state index contributed by atoms with van der Waals surface area (Å²) in [7, 11) is 0. The Morgan fingerprint density at radius 1 is 1.29 bits per heavy atom. The van der Waals surface area contributed by atoms with Crippen LogP contribution in [0.1, 0.15) is 0 Å². The number of amides is 2. The summed E-state index contributed by atoms with van der Waals surface area (Å²) in [5, 5.41) is 7.42. The van der Waals surface area contributed by atoms with Crippen LogP contribution >= 0.6 is 23.2 Å². The van der Waals surface area contributed by atoms with Crippen molar-refractivity contribution in [2.24, 2.45) is 0 Å². The number of halogens is 2. The molecule has 1 aromatic carbocycles. The number of hydrogen-bond acceptors (Lipinski definition) is 3. The lowest BCUT2D eigenvalue weighted by molar-refractivity contribution is -0.120. The van der Waals surface area contributed by atoms with Crippen LogP contribution in [0.15, 0.2) is 30.9 Å². The molecule has 0 aliphatic rings. The topological polar surface area (TPSA) is 61.2 Å². The van der Waals surface area contributed by atoms with Crippen LogP contribution in [0.5, 0.6) is 0 Å². The lowest BCUT2D eigenvalue weighted by Crippen LogP contribution is -2.36. The van der Waals surface area contributed by atoms with Crippen molar-refractivity contribution in [2.45, 2.75) is 0 Å². The second kappa shape index (κ2) is 5.61. The minimum Gasteiger partial charge on any atom is -0.303 e. The molecule has 1 rings (SSSR count). The molecule has 1 N–H and O–H groups in total. The fraction of sp³-hybridized carbons (Fsp3) is 0. The zero-order valence-corrected chi connectivity index (χ0v) is 10.1. The number of nitrogens with zero attached hydrogens (tertiary/aromatic N) is 1. The minimum atomic E-state index is -0.806. The molecule has 0 bridgehead atoms. The van der Waals surface area contributed by atoms with Gasteiger partial charge in [0.2, 0.25) is 0 Å². The fourth-order valence-corrected chi connectivity index (χ4v) is 1.66. The third-order valence-corrected chi connectivity index (χ3v) is 2.43. The summed E-state index contributed by atoms with van der Waals surface area (Å²) < 4.78 is 0.